The monoisotopic (exact) mass is 298 g/mol. The SMILES string of the molecule is O=C(O)Cc1csc2nc3c(n12)CCCc1ccccc1-3. The molecule has 0 spiro atoms. The molecular formula is C16H14N2O2S. The van der Waals surface area contributed by atoms with E-state index in [0.717, 1.165) is 41.3 Å². The molecule has 0 saturated heterocycles. The van der Waals surface area contributed by atoms with E-state index in [9.17, 15) is 4.79 Å². The van der Waals surface area contributed by atoms with Crippen molar-refractivity contribution in [1.82, 2.24) is 9.38 Å². The van der Waals surface area contributed by atoms with E-state index in [1.54, 1.807) is 0 Å². The largest absolute Gasteiger partial charge is 0.481 e. The number of rotatable bonds is 2. The van der Waals surface area contributed by atoms with E-state index in [2.05, 4.69) is 22.6 Å². The van der Waals surface area contributed by atoms with Crippen molar-refractivity contribution in [3.8, 4) is 11.3 Å². The van der Waals surface area contributed by atoms with Crippen LogP contribution in [-0.4, -0.2) is 20.5 Å². The van der Waals surface area contributed by atoms with E-state index >= 15 is 0 Å². The molecule has 0 radical (unpaired) electrons. The van der Waals surface area contributed by atoms with Gasteiger partial charge in [0.15, 0.2) is 4.96 Å². The number of aryl methyl sites for hydroxylation is 2. The molecule has 0 unspecified atom stereocenters. The van der Waals surface area contributed by atoms with E-state index in [1.165, 1.54) is 22.5 Å². The Kier molecular flexibility index (Phi) is 2.82. The van der Waals surface area contributed by atoms with Gasteiger partial charge in [0.05, 0.1) is 17.8 Å². The molecule has 1 aliphatic carbocycles. The minimum absolute atomic E-state index is 0.0461. The van der Waals surface area contributed by atoms with E-state index in [1.807, 2.05) is 11.4 Å². The van der Waals surface area contributed by atoms with Gasteiger partial charge in [-0.3, -0.25) is 9.20 Å². The Labute approximate surface area is 125 Å². The fourth-order valence-corrected chi connectivity index (χ4v) is 4.02. The quantitative estimate of drug-likeness (QED) is 0.790. The first-order chi connectivity index (χ1) is 10.2. The van der Waals surface area contributed by atoms with Crippen molar-refractivity contribution < 1.29 is 9.90 Å². The molecule has 0 atom stereocenters. The summed E-state index contributed by atoms with van der Waals surface area (Å²) in [5.41, 5.74) is 5.55. The van der Waals surface area contributed by atoms with E-state index in [0.29, 0.717) is 0 Å². The highest BCUT2D eigenvalue weighted by Crippen LogP contribution is 2.34. The number of benzene rings is 1. The summed E-state index contributed by atoms with van der Waals surface area (Å²) in [5, 5.41) is 11.0. The molecule has 1 aromatic carbocycles. The van der Waals surface area contributed by atoms with Crippen molar-refractivity contribution in [2.24, 2.45) is 0 Å². The third kappa shape index (κ3) is 1.96. The maximum absolute atomic E-state index is 11.0. The number of thiazole rings is 1. The van der Waals surface area contributed by atoms with Crippen molar-refractivity contribution in [2.75, 3.05) is 0 Å². The van der Waals surface area contributed by atoms with Crippen molar-refractivity contribution >= 4 is 22.3 Å². The maximum atomic E-state index is 11.0. The second kappa shape index (κ2) is 4.70. The minimum Gasteiger partial charge on any atom is -0.481 e. The second-order valence-corrected chi connectivity index (χ2v) is 6.17. The molecule has 2 heterocycles. The van der Waals surface area contributed by atoms with Gasteiger partial charge in [-0.15, -0.1) is 11.3 Å². The van der Waals surface area contributed by atoms with Crippen LogP contribution >= 0.6 is 11.3 Å². The number of fused-ring (bicyclic) bond motifs is 5. The molecule has 106 valence electrons. The van der Waals surface area contributed by atoms with Crippen LogP contribution < -0.4 is 0 Å². The lowest BCUT2D eigenvalue weighted by Gasteiger charge is -2.04. The standard InChI is InChI=1S/C16H14N2O2S/c19-14(20)8-11-9-21-16-17-15-12-6-2-1-4-10(12)5-3-7-13(15)18(11)16/h1-2,4,6,9H,3,5,7-8H2,(H,19,20). The maximum Gasteiger partial charge on any atom is 0.309 e. The van der Waals surface area contributed by atoms with Gasteiger partial charge in [-0.2, -0.15) is 0 Å². The average Bonchev–Trinajstić information content (AvgIpc) is 2.95. The number of aliphatic carboxylic acids is 1. The summed E-state index contributed by atoms with van der Waals surface area (Å²) in [7, 11) is 0. The summed E-state index contributed by atoms with van der Waals surface area (Å²) in [6, 6.07) is 8.39. The van der Waals surface area contributed by atoms with Crippen molar-refractivity contribution in [2.45, 2.75) is 25.7 Å². The molecule has 3 aromatic rings. The number of carboxylic acids is 1. The topological polar surface area (TPSA) is 54.6 Å². The fourth-order valence-electron chi connectivity index (χ4n) is 3.12. The predicted molar refractivity (Wildman–Crippen MR) is 81.9 cm³/mol. The van der Waals surface area contributed by atoms with Crippen molar-refractivity contribution in [3.63, 3.8) is 0 Å². The zero-order valence-corrected chi connectivity index (χ0v) is 12.2. The third-order valence-corrected chi connectivity index (χ3v) is 4.87. The number of imidazole rings is 1. The Balaban J connectivity index is 1.97. The number of hydrogen-bond donors (Lipinski definition) is 1. The summed E-state index contributed by atoms with van der Waals surface area (Å²) in [6.07, 6.45) is 3.10. The van der Waals surface area contributed by atoms with E-state index < -0.39 is 5.97 Å². The number of hydrogen-bond acceptors (Lipinski definition) is 3. The van der Waals surface area contributed by atoms with Crippen LogP contribution in [0.5, 0.6) is 0 Å². The third-order valence-electron chi connectivity index (χ3n) is 3.99. The number of aromatic nitrogens is 2. The molecule has 21 heavy (non-hydrogen) atoms. The molecular weight excluding hydrogens is 284 g/mol. The number of nitrogens with zero attached hydrogens (tertiary/aromatic N) is 2. The zero-order valence-electron chi connectivity index (χ0n) is 11.4. The van der Waals surface area contributed by atoms with Gasteiger partial charge in [-0.25, -0.2) is 4.98 Å². The number of carbonyl (C=O) groups is 1. The van der Waals surface area contributed by atoms with Gasteiger partial charge in [0.2, 0.25) is 0 Å². The summed E-state index contributed by atoms with van der Waals surface area (Å²) >= 11 is 1.52. The molecule has 0 fully saturated rings. The first-order valence-corrected chi connectivity index (χ1v) is 7.90. The van der Waals surface area contributed by atoms with Crippen LogP contribution in [0.3, 0.4) is 0 Å². The summed E-state index contributed by atoms with van der Waals surface area (Å²) in [5.74, 6) is -0.800. The van der Waals surface area contributed by atoms with E-state index in [-0.39, 0.29) is 6.42 Å². The van der Waals surface area contributed by atoms with Crippen LogP contribution in [0.25, 0.3) is 16.2 Å². The van der Waals surface area contributed by atoms with Gasteiger partial charge in [0.1, 0.15) is 0 Å². The highest BCUT2D eigenvalue weighted by atomic mass is 32.1. The molecule has 1 aliphatic rings. The Hall–Kier alpha value is -2.14. The molecule has 1 N–H and O–H groups in total. The molecule has 0 aliphatic heterocycles. The van der Waals surface area contributed by atoms with Crippen LogP contribution in [0.15, 0.2) is 29.6 Å². The summed E-state index contributed by atoms with van der Waals surface area (Å²) in [4.78, 5) is 16.7. The fraction of sp³-hybridized carbons (Fsp3) is 0.250. The lowest BCUT2D eigenvalue weighted by Crippen LogP contribution is -2.05. The van der Waals surface area contributed by atoms with Crippen molar-refractivity contribution in [1.29, 1.82) is 0 Å². The Bertz CT molecular complexity index is 847. The van der Waals surface area contributed by atoms with Gasteiger partial charge in [0, 0.05) is 16.6 Å². The first-order valence-electron chi connectivity index (χ1n) is 7.02. The van der Waals surface area contributed by atoms with Gasteiger partial charge >= 0.3 is 5.97 Å². The Morgan fingerprint density at radius 2 is 2.19 bits per heavy atom. The number of carboxylic acid groups (broad SMARTS) is 1. The highest BCUT2D eigenvalue weighted by molar-refractivity contribution is 7.15. The Morgan fingerprint density at radius 3 is 3.05 bits per heavy atom. The Morgan fingerprint density at radius 1 is 1.33 bits per heavy atom. The zero-order chi connectivity index (χ0) is 14.4. The molecule has 4 nitrogen and oxygen atoms in total. The van der Waals surface area contributed by atoms with Crippen LogP contribution in [0.2, 0.25) is 0 Å². The van der Waals surface area contributed by atoms with Gasteiger partial charge in [-0.05, 0) is 24.8 Å². The van der Waals surface area contributed by atoms with Crippen LogP contribution in [0, 0.1) is 0 Å². The molecule has 0 bridgehead atoms. The molecule has 4 rings (SSSR count). The minimum atomic E-state index is -0.800. The molecule has 0 amide bonds. The normalized spacial score (nSPS) is 13.7. The predicted octanol–water partition coefficient (Wildman–Crippen LogP) is 3.18. The average molecular weight is 298 g/mol. The highest BCUT2D eigenvalue weighted by Gasteiger charge is 2.22. The lowest BCUT2D eigenvalue weighted by atomic mass is 10.0. The molecule has 5 heteroatoms. The van der Waals surface area contributed by atoms with E-state index in [4.69, 9.17) is 10.1 Å². The van der Waals surface area contributed by atoms with Crippen molar-refractivity contribution in [3.05, 3.63) is 46.6 Å². The van der Waals surface area contributed by atoms with Crippen LogP contribution in [0.4, 0.5) is 0 Å². The molecule has 2 aromatic heterocycles. The van der Waals surface area contributed by atoms with Crippen LogP contribution in [0.1, 0.15) is 23.4 Å². The van der Waals surface area contributed by atoms with Crippen LogP contribution in [-0.2, 0) is 24.1 Å². The van der Waals surface area contributed by atoms with Gasteiger partial charge in [0.25, 0.3) is 0 Å². The second-order valence-electron chi connectivity index (χ2n) is 5.33. The van der Waals surface area contributed by atoms with Gasteiger partial charge in [-0.1, -0.05) is 24.3 Å². The lowest BCUT2D eigenvalue weighted by molar-refractivity contribution is -0.136. The summed E-state index contributed by atoms with van der Waals surface area (Å²) < 4.78 is 2.05. The smallest absolute Gasteiger partial charge is 0.309 e. The molecule has 0 saturated carbocycles. The first kappa shape index (κ1) is 12.6. The van der Waals surface area contributed by atoms with Gasteiger partial charge < -0.3 is 5.11 Å². The summed E-state index contributed by atoms with van der Waals surface area (Å²) in [6.45, 7) is 0.